The Morgan fingerprint density at radius 2 is 1.63 bits per heavy atom. The van der Waals surface area contributed by atoms with Crippen LogP contribution in [-0.2, 0) is 6.18 Å². The summed E-state index contributed by atoms with van der Waals surface area (Å²) in [4.78, 5) is 4.77. The highest BCUT2D eigenvalue weighted by molar-refractivity contribution is 6.13. The molecule has 5 rings (SSSR count). The second kappa shape index (κ2) is 9.40. The van der Waals surface area contributed by atoms with E-state index in [0.717, 1.165) is 49.2 Å². The van der Waals surface area contributed by atoms with E-state index in [9.17, 15) is 27.1 Å². The standard InChI is InChI=1S/C30H29F6NO/c1-28(2)14-13-21-24(19-9-12-22(31)23(32)15-19)25(26(33)17-7-10-20(11-8-17)30(34,35)36)27(18-5-3-4-6-18)37-29(21,38)16-28/h7-13,15,18,26,38H,3-6,14,16H2,1-2H3. The number of fused-ring (bicyclic) bond motifs is 1. The summed E-state index contributed by atoms with van der Waals surface area (Å²) in [6.07, 6.45) is -0.706. The van der Waals surface area contributed by atoms with Gasteiger partial charge in [0.15, 0.2) is 23.5 Å². The van der Waals surface area contributed by atoms with E-state index in [1.54, 1.807) is 6.08 Å². The van der Waals surface area contributed by atoms with Gasteiger partial charge >= 0.3 is 6.18 Å². The number of aliphatic imine (C=N–C) groups is 1. The van der Waals surface area contributed by atoms with Crippen molar-refractivity contribution in [3.05, 3.63) is 88.0 Å². The second-order valence-electron chi connectivity index (χ2n) is 11.4. The van der Waals surface area contributed by atoms with Gasteiger partial charge in [0.2, 0.25) is 0 Å². The molecule has 0 radical (unpaired) electrons. The average molecular weight is 534 g/mol. The summed E-state index contributed by atoms with van der Waals surface area (Å²) < 4.78 is 84.5. The largest absolute Gasteiger partial charge is 0.416 e. The lowest BCUT2D eigenvalue weighted by Gasteiger charge is -2.44. The lowest BCUT2D eigenvalue weighted by molar-refractivity contribution is -0.137. The van der Waals surface area contributed by atoms with Crippen LogP contribution in [0.2, 0.25) is 0 Å². The van der Waals surface area contributed by atoms with Gasteiger partial charge in [0.05, 0.1) is 5.56 Å². The molecule has 2 aliphatic carbocycles. The van der Waals surface area contributed by atoms with E-state index >= 15 is 4.39 Å². The molecule has 3 aliphatic rings. The monoisotopic (exact) mass is 533 g/mol. The predicted octanol–water partition coefficient (Wildman–Crippen LogP) is 8.53. The molecule has 8 heteroatoms. The number of benzene rings is 2. The van der Waals surface area contributed by atoms with Crippen LogP contribution in [0, 0.1) is 23.0 Å². The quantitative estimate of drug-likeness (QED) is 0.393. The van der Waals surface area contributed by atoms with E-state index in [2.05, 4.69) is 0 Å². The first kappa shape index (κ1) is 26.7. The number of rotatable bonds is 4. The molecule has 202 valence electrons. The number of hydrogen-bond acceptors (Lipinski definition) is 2. The molecule has 0 spiro atoms. The van der Waals surface area contributed by atoms with E-state index in [4.69, 9.17) is 4.99 Å². The van der Waals surface area contributed by atoms with Crippen LogP contribution in [0.4, 0.5) is 26.3 Å². The lowest BCUT2D eigenvalue weighted by Crippen LogP contribution is -2.43. The Bertz CT molecular complexity index is 1330. The number of halogens is 6. The zero-order chi connectivity index (χ0) is 27.5. The van der Waals surface area contributed by atoms with Crippen molar-refractivity contribution in [3.63, 3.8) is 0 Å². The van der Waals surface area contributed by atoms with E-state index < -0.39 is 35.3 Å². The van der Waals surface area contributed by atoms with Crippen LogP contribution < -0.4 is 0 Å². The molecule has 1 heterocycles. The maximum Gasteiger partial charge on any atom is 0.416 e. The van der Waals surface area contributed by atoms with Crippen molar-refractivity contribution < 1.29 is 31.4 Å². The molecule has 1 saturated carbocycles. The minimum absolute atomic E-state index is 0.0130. The van der Waals surface area contributed by atoms with Crippen molar-refractivity contribution in [3.8, 4) is 0 Å². The van der Waals surface area contributed by atoms with E-state index in [1.807, 2.05) is 13.8 Å². The molecule has 1 fully saturated rings. The van der Waals surface area contributed by atoms with E-state index in [-0.39, 0.29) is 40.0 Å². The summed E-state index contributed by atoms with van der Waals surface area (Å²) >= 11 is 0. The molecule has 1 aliphatic heterocycles. The van der Waals surface area contributed by atoms with Crippen molar-refractivity contribution in [2.75, 3.05) is 0 Å². The summed E-state index contributed by atoms with van der Waals surface area (Å²) in [6, 6.07) is 7.10. The Kier molecular flexibility index (Phi) is 6.61. The number of dihydropyridines is 1. The smallest absolute Gasteiger partial charge is 0.365 e. The van der Waals surface area contributed by atoms with Gasteiger partial charge in [0.25, 0.3) is 0 Å². The van der Waals surface area contributed by atoms with Crippen molar-refractivity contribution in [1.82, 2.24) is 0 Å². The van der Waals surface area contributed by atoms with Crippen LogP contribution in [0.5, 0.6) is 0 Å². The van der Waals surface area contributed by atoms with Gasteiger partial charge in [-0.3, -0.25) is 4.99 Å². The van der Waals surface area contributed by atoms with Crippen molar-refractivity contribution in [2.45, 2.75) is 70.4 Å². The third-order valence-electron chi connectivity index (χ3n) is 7.87. The SMILES string of the molecule is CC1(C)CC=C2C(c3ccc(F)c(F)c3)=C(C(F)c3ccc(C(F)(F)F)cc3)C(C3CCCC3)=NC2(O)C1. The highest BCUT2D eigenvalue weighted by Crippen LogP contribution is 2.53. The van der Waals surface area contributed by atoms with Crippen LogP contribution in [0.25, 0.3) is 5.57 Å². The van der Waals surface area contributed by atoms with Crippen LogP contribution in [-0.4, -0.2) is 16.5 Å². The van der Waals surface area contributed by atoms with Gasteiger partial charge in [0.1, 0.15) is 0 Å². The summed E-state index contributed by atoms with van der Waals surface area (Å²) in [7, 11) is 0. The van der Waals surface area contributed by atoms with Crippen LogP contribution >= 0.6 is 0 Å². The van der Waals surface area contributed by atoms with Crippen molar-refractivity contribution in [2.24, 2.45) is 16.3 Å². The fraction of sp³-hybridized carbons (Fsp3) is 0.433. The summed E-state index contributed by atoms with van der Waals surface area (Å²) in [5.74, 6) is -2.36. The maximum absolute atomic E-state index is 16.6. The topological polar surface area (TPSA) is 32.6 Å². The summed E-state index contributed by atoms with van der Waals surface area (Å²) in [5, 5.41) is 11.9. The van der Waals surface area contributed by atoms with Gasteiger partial charge in [-0.15, -0.1) is 0 Å². The van der Waals surface area contributed by atoms with Gasteiger partial charge in [-0.2, -0.15) is 13.2 Å². The minimum atomic E-state index is -4.57. The molecule has 0 amide bonds. The Morgan fingerprint density at radius 3 is 2.24 bits per heavy atom. The highest BCUT2D eigenvalue weighted by Gasteiger charge is 2.48. The molecule has 2 unspecified atom stereocenters. The average Bonchev–Trinajstić information content (AvgIpc) is 3.38. The van der Waals surface area contributed by atoms with Gasteiger partial charge in [-0.25, -0.2) is 13.2 Å². The first-order valence-corrected chi connectivity index (χ1v) is 12.8. The fourth-order valence-corrected chi connectivity index (χ4v) is 6.05. The normalized spacial score (nSPS) is 24.7. The summed E-state index contributed by atoms with van der Waals surface area (Å²) in [5.41, 5.74) is -1.75. The number of alkyl halides is 4. The number of allylic oxidation sites excluding steroid dienone is 2. The first-order valence-electron chi connectivity index (χ1n) is 12.8. The molecule has 0 aromatic heterocycles. The van der Waals surface area contributed by atoms with Gasteiger partial charge in [-0.05, 0) is 65.6 Å². The van der Waals surface area contributed by atoms with Gasteiger partial charge in [-0.1, -0.05) is 51.0 Å². The number of hydrogen-bond donors (Lipinski definition) is 1. The van der Waals surface area contributed by atoms with Crippen LogP contribution in [0.1, 0.15) is 75.2 Å². The highest BCUT2D eigenvalue weighted by atomic mass is 19.4. The Labute approximate surface area is 217 Å². The van der Waals surface area contributed by atoms with Gasteiger partial charge < -0.3 is 5.11 Å². The Morgan fingerprint density at radius 1 is 0.974 bits per heavy atom. The Hall–Kier alpha value is -2.87. The second-order valence-corrected chi connectivity index (χ2v) is 11.4. The van der Waals surface area contributed by atoms with Crippen molar-refractivity contribution >= 4 is 11.3 Å². The van der Waals surface area contributed by atoms with Crippen LogP contribution in [0.15, 0.2) is 64.7 Å². The molecule has 2 aromatic rings. The fourth-order valence-electron chi connectivity index (χ4n) is 6.05. The molecule has 2 atom stereocenters. The number of aliphatic hydroxyl groups is 1. The van der Waals surface area contributed by atoms with E-state index in [0.29, 0.717) is 30.5 Å². The zero-order valence-corrected chi connectivity index (χ0v) is 21.2. The molecular formula is C30H29F6NO. The molecule has 38 heavy (non-hydrogen) atoms. The maximum atomic E-state index is 16.6. The third-order valence-corrected chi connectivity index (χ3v) is 7.87. The van der Waals surface area contributed by atoms with Crippen LogP contribution in [0.3, 0.4) is 0 Å². The summed E-state index contributed by atoms with van der Waals surface area (Å²) in [6.45, 7) is 3.97. The lowest BCUT2D eigenvalue weighted by atomic mass is 9.67. The minimum Gasteiger partial charge on any atom is -0.365 e. The molecule has 1 N–H and O–H groups in total. The first-order chi connectivity index (χ1) is 17.8. The predicted molar refractivity (Wildman–Crippen MR) is 134 cm³/mol. The molecule has 0 saturated heterocycles. The molecule has 0 bridgehead atoms. The zero-order valence-electron chi connectivity index (χ0n) is 21.2. The van der Waals surface area contributed by atoms with Gasteiger partial charge in [0, 0.05) is 29.2 Å². The third kappa shape index (κ3) is 4.83. The Balaban J connectivity index is 1.76. The number of nitrogens with zero attached hydrogens (tertiary/aromatic N) is 1. The van der Waals surface area contributed by atoms with E-state index in [1.165, 1.54) is 6.07 Å². The van der Waals surface area contributed by atoms with Crippen molar-refractivity contribution in [1.29, 1.82) is 0 Å². The molecule has 2 aromatic carbocycles. The molecule has 2 nitrogen and oxygen atoms in total. The molecular weight excluding hydrogens is 504 g/mol.